The van der Waals surface area contributed by atoms with Crippen LogP contribution >= 0.6 is 0 Å². The summed E-state index contributed by atoms with van der Waals surface area (Å²) in [5.74, 6) is 2.33. The number of para-hydroxylation sites is 1. The predicted octanol–water partition coefficient (Wildman–Crippen LogP) is 13.8. The first kappa shape index (κ1) is 34.3. The van der Waals surface area contributed by atoms with Crippen molar-refractivity contribution in [2.24, 2.45) is 0 Å². The Kier molecular flexibility index (Phi) is 7.47. The summed E-state index contributed by atoms with van der Waals surface area (Å²) in [6, 6.07) is 66.6. The van der Waals surface area contributed by atoms with E-state index in [-0.39, 0.29) is 0 Å². The van der Waals surface area contributed by atoms with Crippen molar-refractivity contribution in [3.63, 3.8) is 0 Å². The maximum absolute atomic E-state index is 6.76. The fraction of sp³-hybridized carbons (Fsp3) is 0. The molecule has 7 nitrogen and oxygen atoms in total. The van der Waals surface area contributed by atoms with Crippen LogP contribution in [0.1, 0.15) is 0 Å². The number of hydrogen-bond acceptors (Lipinski definition) is 6. The summed E-state index contributed by atoms with van der Waals surface area (Å²) in [6.45, 7) is 0. The Bertz CT molecular complexity index is 3860. The van der Waals surface area contributed by atoms with E-state index in [1.165, 1.54) is 0 Å². The van der Waals surface area contributed by atoms with Gasteiger partial charge in [0.1, 0.15) is 11.2 Å². The van der Waals surface area contributed by atoms with Crippen molar-refractivity contribution in [1.82, 2.24) is 29.5 Å². The van der Waals surface area contributed by atoms with Crippen LogP contribution in [0.5, 0.6) is 0 Å². The summed E-state index contributed by atoms with van der Waals surface area (Å²) < 4.78 is 9.01. The minimum atomic E-state index is 0.563. The second-order valence-corrected chi connectivity index (χ2v) is 15.6. The second-order valence-electron chi connectivity index (χ2n) is 15.6. The molecule has 0 amide bonds. The van der Waals surface area contributed by atoms with Crippen LogP contribution in [-0.2, 0) is 0 Å². The van der Waals surface area contributed by atoms with Gasteiger partial charge < -0.3 is 4.42 Å². The lowest BCUT2D eigenvalue weighted by atomic mass is 9.99. The second kappa shape index (κ2) is 13.5. The first-order valence-corrected chi connectivity index (χ1v) is 20.7. The van der Waals surface area contributed by atoms with Gasteiger partial charge in [0.2, 0.25) is 5.95 Å². The van der Waals surface area contributed by atoms with Gasteiger partial charge in [-0.15, -0.1) is 0 Å². The van der Waals surface area contributed by atoms with Crippen LogP contribution in [0.3, 0.4) is 0 Å². The minimum absolute atomic E-state index is 0.563. The normalized spacial score (nSPS) is 11.9. The molecular formula is C55H32N6O. The van der Waals surface area contributed by atoms with E-state index in [4.69, 9.17) is 29.3 Å². The van der Waals surface area contributed by atoms with Crippen molar-refractivity contribution in [2.75, 3.05) is 0 Å². The average molecular weight is 793 g/mol. The van der Waals surface area contributed by atoms with Crippen LogP contribution in [-0.4, -0.2) is 29.5 Å². The maximum atomic E-state index is 6.76. The van der Waals surface area contributed by atoms with E-state index >= 15 is 0 Å². The zero-order valence-corrected chi connectivity index (χ0v) is 33.1. The molecule has 0 bridgehead atoms. The summed E-state index contributed by atoms with van der Waals surface area (Å²) in [6.07, 6.45) is 0. The van der Waals surface area contributed by atoms with Crippen molar-refractivity contribution in [1.29, 1.82) is 0 Å². The van der Waals surface area contributed by atoms with E-state index in [1.807, 2.05) is 78.9 Å². The van der Waals surface area contributed by atoms with Crippen molar-refractivity contribution in [2.45, 2.75) is 0 Å². The van der Waals surface area contributed by atoms with Gasteiger partial charge in [0.15, 0.2) is 17.5 Å². The van der Waals surface area contributed by atoms with E-state index in [9.17, 15) is 0 Å². The van der Waals surface area contributed by atoms with Crippen LogP contribution in [0, 0.1) is 0 Å². The molecule has 0 aliphatic carbocycles. The summed E-state index contributed by atoms with van der Waals surface area (Å²) in [4.78, 5) is 26.4. The molecule has 0 atom stereocenters. The Balaban J connectivity index is 1.20. The van der Waals surface area contributed by atoms with Crippen LogP contribution in [0.15, 0.2) is 199 Å². The molecule has 0 spiro atoms. The topological polar surface area (TPSA) is 82.5 Å². The van der Waals surface area contributed by atoms with Gasteiger partial charge in [0, 0.05) is 65.3 Å². The predicted molar refractivity (Wildman–Crippen MR) is 251 cm³/mol. The third-order valence-corrected chi connectivity index (χ3v) is 12.0. The van der Waals surface area contributed by atoms with Crippen molar-refractivity contribution >= 4 is 76.2 Å². The van der Waals surface area contributed by atoms with Gasteiger partial charge in [-0.05, 0) is 23.6 Å². The Morgan fingerprint density at radius 2 is 0.935 bits per heavy atom. The molecule has 4 aromatic heterocycles. The zero-order valence-electron chi connectivity index (χ0n) is 33.1. The number of furan rings is 1. The van der Waals surface area contributed by atoms with E-state index in [0.717, 1.165) is 104 Å². The molecule has 13 rings (SSSR count). The van der Waals surface area contributed by atoms with Gasteiger partial charge in [-0.3, -0.25) is 4.57 Å². The van der Waals surface area contributed by atoms with E-state index < -0.39 is 0 Å². The molecule has 0 fully saturated rings. The molecule has 4 heterocycles. The summed E-state index contributed by atoms with van der Waals surface area (Å²) >= 11 is 0. The summed E-state index contributed by atoms with van der Waals surface area (Å²) in [5.41, 5.74) is 9.02. The largest absolute Gasteiger partial charge is 0.455 e. The highest BCUT2D eigenvalue weighted by Gasteiger charge is 2.26. The molecule has 9 aromatic carbocycles. The first-order chi connectivity index (χ1) is 30.7. The SMILES string of the molecule is c1ccc(-c2nc(-c3ccccc3)nc(-c3ccc4c5c6c7ccccc7oc6c6ccccc6c5n(-c5nc(-c6ccccc6)c6ccc7ccccc7c6n5)c4c3)n2)cc1. The molecule has 0 aliphatic heterocycles. The fourth-order valence-electron chi connectivity index (χ4n) is 9.22. The van der Waals surface area contributed by atoms with E-state index in [1.54, 1.807) is 0 Å². The number of nitrogens with zero attached hydrogens (tertiary/aromatic N) is 6. The lowest BCUT2D eigenvalue weighted by Gasteiger charge is -2.14. The van der Waals surface area contributed by atoms with Gasteiger partial charge in [0.05, 0.1) is 22.2 Å². The van der Waals surface area contributed by atoms with Gasteiger partial charge >= 0.3 is 0 Å². The number of rotatable bonds is 5. The molecule has 0 saturated heterocycles. The molecule has 13 aromatic rings. The van der Waals surface area contributed by atoms with Crippen molar-refractivity contribution < 1.29 is 4.42 Å². The molecule has 0 saturated carbocycles. The number of hydrogen-bond donors (Lipinski definition) is 0. The first-order valence-electron chi connectivity index (χ1n) is 20.7. The van der Waals surface area contributed by atoms with Crippen molar-refractivity contribution in [3.8, 4) is 51.4 Å². The standard InChI is InChI=1S/C55H32N6O/c1-4-17-34(18-5-1)48-43-31-28-33-16-10-11-23-38(33)49(43)57-55(56-48)61-44-32-37(54-59-52(35-19-6-2-7-20-35)58-53(60-54)36-21-8-3-9-22-36)29-30-41(44)46-47-42-26-14-15-27-45(42)62-51(47)40-25-13-12-24-39(40)50(46)61/h1-32H. The molecule has 7 heteroatoms. The molecular weight excluding hydrogens is 761 g/mol. The third kappa shape index (κ3) is 5.22. The van der Waals surface area contributed by atoms with Gasteiger partial charge in [-0.25, -0.2) is 24.9 Å². The minimum Gasteiger partial charge on any atom is -0.455 e. The molecule has 0 aliphatic rings. The van der Waals surface area contributed by atoms with E-state index in [0.29, 0.717) is 23.4 Å². The Morgan fingerprint density at radius 3 is 1.65 bits per heavy atom. The highest BCUT2D eigenvalue weighted by atomic mass is 16.3. The lowest BCUT2D eigenvalue weighted by molar-refractivity contribution is 0.673. The van der Waals surface area contributed by atoms with Gasteiger partial charge in [0.25, 0.3) is 0 Å². The zero-order chi connectivity index (χ0) is 40.7. The van der Waals surface area contributed by atoms with Gasteiger partial charge in [-0.2, -0.15) is 0 Å². The Hall–Kier alpha value is -8.55. The highest BCUT2D eigenvalue weighted by molar-refractivity contribution is 6.36. The Labute approximate surface area is 354 Å². The molecule has 0 unspecified atom stereocenters. The summed E-state index contributed by atoms with van der Waals surface area (Å²) in [7, 11) is 0. The number of aromatic nitrogens is 6. The fourth-order valence-corrected chi connectivity index (χ4v) is 9.22. The lowest BCUT2D eigenvalue weighted by Crippen LogP contribution is -2.04. The summed E-state index contributed by atoms with van der Waals surface area (Å²) in [5, 5.41) is 9.42. The molecule has 0 radical (unpaired) electrons. The molecule has 0 N–H and O–H groups in total. The van der Waals surface area contributed by atoms with Crippen LogP contribution < -0.4 is 0 Å². The van der Waals surface area contributed by atoms with Gasteiger partial charge in [-0.1, -0.05) is 176 Å². The monoisotopic (exact) mass is 792 g/mol. The Morgan fingerprint density at radius 1 is 0.371 bits per heavy atom. The van der Waals surface area contributed by atoms with Crippen molar-refractivity contribution in [3.05, 3.63) is 194 Å². The van der Waals surface area contributed by atoms with Crippen LogP contribution in [0.4, 0.5) is 0 Å². The number of benzene rings is 9. The molecule has 288 valence electrons. The highest BCUT2D eigenvalue weighted by Crippen LogP contribution is 2.47. The van der Waals surface area contributed by atoms with Crippen LogP contribution in [0.25, 0.3) is 128 Å². The van der Waals surface area contributed by atoms with Crippen LogP contribution in [0.2, 0.25) is 0 Å². The molecule has 62 heavy (non-hydrogen) atoms. The number of fused-ring (bicyclic) bond motifs is 13. The maximum Gasteiger partial charge on any atom is 0.235 e. The van der Waals surface area contributed by atoms with E-state index in [2.05, 4.69) is 120 Å². The average Bonchev–Trinajstić information content (AvgIpc) is 3.91. The third-order valence-electron chi connectivity index (χ3n) is 12.0. The quantitative estimate of drug-likeness (QED) is 0.161. The smallest absolute Gasteiger partial charge is 0.235 e.